The van der Waals surface area contributed by atoms with Gasteiger partial charge < -0.3 is 14.6 Å². The first-order valence-corrected chi connectivity index (χ1v) is 7.32. The molecule has 0 radical (unpaired) electrons. The van der Waals surface area contributed by atoms with Crippen LogP contribution in [0.4, 0.5) is 0 Å². The zero-order valence-corrected chi connectivity index (χ0v) is 12.3. The summed E-state index contributed by atoms with van der Waals surface area (Å²) in [6.45, 7) is 0.642. The average molecular weight is 309 g/mol. The van der Waals surface area contributed by atoms with E-state index in [1.165, 1.54) is 0 Å². The molecule has 3 aromatic rings. The van der Waals surface area contributed by atoms with Gasteiger partial charge in [-0.15, -0.1) is 5.10 Å². The van der Waals surface area contributed by atoms with Gasteiger partial charge in [-0.25, -0.2) is 4.68 Å². The third-order valence-corrected chi connectivity index (χ3v) is 3.78. The third kappa shape index (κ3) is 2.53. The molecular weight excluding hydrogens is 294 g/mol. The maximum absolute atomic E-state index is 9.58. The van der Waals surface area contributed by atoms with Crippen LogP contribution in [0.15, 0.2) is 48.5 Å². The fourth-order valence-corrected chi connectivity index (χ4v) is 2.68. The van der Waals surface area contributed by atoms with E-state index in [-0.39, 0.29) is 13.4 Å². The maximum Gasteiger partial charge on any atom is 0.231 e. The minimum absolute atomic E-state index is 0.168. The predicted molar refractivity (Wildman–Crippen MR) is 83.0 cm³/mol. The smallest absolute Gasteiger partial charge is 0.231 e. The van der Waals surface area contributed by atoms with E-state index in [4.69, 9.17) is 9.47 Å². The lowest BCUT2D eigenvalue weighted by Crippen LogP contribution is -2.04. The van der Waals surface area contributed by atoms with Gasteiger partial charge in [0.25, 0.3) is 0 Å². The van der Waals surface area contributed by atoms with Crippen LogP contribution in [0.2, 0.25) is 0 Å². The second-order valence-corrected chi connectivity index (χ2v) is 5.25. The summed E-state index contributed by atoms with van der Waals surface area (Å²) in [7, 11) is 0. The van der Waals surface area contributed by atoms with Gasteiger partial charge in [0.15, 0.2) is 11.5 Å². The number of hydrogen-bond donors (Lipinski definition) is 1. The minimum atomic E-state index is -0.168. The Labute approximate surface area is 132 Å². The molecule has 2 heterocycles. The molecule has 0 spiro atoms. The van der Waals surface area contributed by atoms with Crippen molar-refractivity contribution in [1.29, 1.82) is 0 Å². The molecule has 0 amide bonds. The molecule has 1 aliphatic heterocycles. The SMILES string of the molecule is OCc1nnn(Cc2ccccc2)c1-c1ccc2c(c1)OCO2. The molecule has 0 aliphatic carbocycles. The molecule has 23 heavy (non-hydrogen) atoms. The van der Waals surface area contributed by atoms with Gasteiger partial charge in [-0.05, 0) is 23.8 Å². The van der Waals surface area contributed by atoms with Crippen LogP contribution in [-0.2, 0) is 13.2 Å². The second-order valence-electron chi connectivity index (χ2n) is 5.25. The van der Waals surface area contributed by atoms with Crippen LogP contribution in [-0.4, -0.2) is 26.9 Å². The summed E-state index contributed by atoms with van der Waals surface area (Å²) < 4.78 is 12.6. The number of nitrogens with zero attached hydrogens (tertiary/aromatic N) is 3. The lowest BCUT2D eigenvalue weighted by atomic mass is 10.1. The summed E-state index contributed by atoms with van der Waals surface area (Å²) in [4.78, 5) is 0. The highest BCUT2D eigenvalue weighted by Gasteiger charge is 2.19. The number of benzene rings is 2. The van der Waals surface area contributed by atoms with Crippen molar-refractivity contribution >= 4 is 0 Å². The highest BCUT2D eigenvalue weighted by molar-refractivity contribution is 5.66. The van der Waals surface area contributed by atoms with Gasteiger partial charge in [-0.3, -0.25) is 0 Å². The van der Waals surface area contributed by atoms with Crippen molar-refractivity contribution in [1.82, 2.24) is 15.0 Å². The van der Waals surface area contributed by atoms with Gasteiger partial charge in [0.05, 0.1) is 18.8 Å². The molecule has 4 rings (SSSR count). The van der Waals surface area contributed by atoms with Crippen molar-refractivity contribution in [3.8, 4) is 22.8 Å². The quantitative estimate of drug-likeness (QED) is 0.800. The first-order valence-electron chi connectivity index (χ1n) is 7.32. The first kappa shape index (κ1) is 13.8. The lowest BCUT2D eigenvalue weighted by molar-refractivity contribution is 0.174. The minimum Gasteiger partial charge on any atom is -0.454 e. The van der Waals surface area contributed by atoms with E-state index in [1.54, 1.807) is 4.68 Å². The Hall–Kier alpha value is -2.86. The second kappa shape index (κ2) is 5.73. The van der Waals surface area contributed by atoms with Crippen LogP contribution in [0.1, 0.15) is 11.3 Å². The maximum atomic E-state index is 9.58. The first-order chi connectivity index (χ1) is 11.3. The normalized spacial score (nSPS) is 12.6. The van der Waals surface area contributed by atoms with E-state index in [0.717, 1.165) is 22.6 Å². The number of ether oxygens (including phenoxy) is 2. The van der Waals surface area contributed by atoms with Crippen LogP contribution in [0.3, 0.4) is 0 Å². The number of rotatable bonds is 4. The molecule has 116 valence electrons. The Morgan fingerprint density at radius 2 is 1.87 bits per heavy atom. The van der Waals surface area contributed by atoms with Gasteiger partial charge in [0, 0.05) is 5.56 Å². The fraction of sp³-hybridized carbons (Fsp3) is 0.176. The molecule has 0 bridgehead atoms. The zero-order valence-electron chi connectivity index (χ0n) is 12.3. The molecule has 0 saturated heterocycles. The Morgan fingerprint density at radius 3 is 2.70 bits per heavy atom. The number of aliphatic hydroxyl groups excluding tert-OH is 1. The van der Waals surface area contributed by atoms with Gasteiger partial charge in [0.1, 0.15) is 5.69 Å². The summed E-state index contributed by atoms with van der Waals surface area (Å²) in [5.41, 5.74) is 3.33. The van der Waals surface area contributed by atoms with E-state index in [0.29, 0.717) is 18.0 Å². The summed E-state index contributed by atoms with van der Waals surface area (Å²) in [5.74, 6) is 1.42. The Morgan fingerprint density at radius 1 is 1.04 bits per heavy atom. The van der Waals surface area contributed by atoms with Crippen LogP contribution >= 0.6 is 0 Å². The average Bonchev–Trinajstić information content (AvgIpc) is 3.21. The highest BCUT2D eigenvalue weighted by atomic mass is 16.7. The summed E-state index contributed by atoms with van der Waals surface area (Å²) in [5, 5.41) is 17.9. The number of aliphatic hydroxyl groups is 1. The molecule has 0 atom stereocenters. The molecule has 1 aliphatic rings. The van der Waals surface area contributed by atoms with Crippen LogP contribution in [0.25, 0.3) is 11.3 Å². The monoisotopic (exact) mass is 309 g/mol. The fourth-order valence-electron chi connectivity index (χ4n) is 2.68. The van der Waals surface area contributed by atoms with Crippen molar-refractivity contribution < 1.29 is 14.6 Å². The van der Waals surface area contributed by atoms with Crippen LogP contribution in [0, 0.1) is 0 Å². The van der Waals surface area contributed by atoms with Gasteiger partial charge >= 0.3 is 0 Å². The molecule has 1 aromatic heterocycles. The van der Waals surface area contributed by atoms with E-state index in [9.17, 15) is 5.11 Å². The Kier molecular flexibility index (Phi) is 3.44. The zero-order chi connectivity index (χ0) is 15.6. The third-order valence-electron chi connectivity index (χ3n) is 3.78. The molecular formula is C17H15N3O3. The van der Waals surface area contributed by atoms with Crippen molar-refractivity contribution in [2.45, 2.75) is 13.2 Å². The summed E-state index contributed by atoms with van der Waals surface area (Å²) in [6, 6.07) is 15.7. The standard InChI is InChI=1S/C17H15N3O3/c21-10-14-17(13-6-7-15-16(8-13)23-11-22-15)20(19-18-14)9-12-4-2-1-3-5-12/h1-8,21H,9-11H2. The predicted octanol–water partition coefficient (Wildman–Crippen LogP) is 2.21. The molecule has 6 nitrogen and oxygen atoms in total. The van der Waals surface area contributed by atoms with Gasteiger partial charge in [-0.2, -0.15) is 0 Å². The van der Waals surface area contributed by atoms with Crippen molar-refractivity contribution in [3.63, 3.8) is 0 Å². The van der Waals surface area contributed by atoms with Gasteiger partial charge in [0.2, 0.25) is 6.79 Å². The van der Waals surface area contributed by atoms with E-state index < -0.39 is 0 Å². The van der Waals surface area contributed by atoms with Crippen molar-refractivity contribution in [2.75, 3.05) is 6.79 Å². The summed E-state index contributed by atoms with van der Waals surface area (Å²) >= 11 is 0. The molecule has 0 unspecified atom stereocenters. The molecule has 0 fully saturated rings. The molecule has 2 aromatic carbocycles. The van der Waals surface area contributed by atoms with Crippen LogP contribution in [0.5, 0.6) is 11.5 Å². The van der Waals surface area contributed by atoms with Gasteiger partial charge in [-0.1, -0.05) is 35.5 Å². The Bertz CT molecular complexity index is 830. The topological polar surface area (TPSA) is 69.4 Å². The van der Waals surface area contributed by atoms with E-state index >= 15 is 0 Å². The lowest BCUT2D eigenvalue weighted by Gasteiger charge is -2.09. The number of fused-ring (bicyclic) bond motifs is 1. The molecule has 1 N–H and O–H groups in total. The number of hydrogen-bond acceptors (Lipinski definition) is 5. The van der Waals surface area contributed by atoms with Crippen molar-refractivity contribution in [3.05, 3.63) is 59.8 Å². The highest BCUT2D eigenvalue weighted by Crippen LogP contribution is 2.36. The largest absolute Gasteiger partial charge is 0.454 e. The summed E-state index contributed by atoms with van der Waals surface area (Å²) in [6.07, 6.45) is 0. The van der Waals surface area contributed by atoms with E-state index in [2.05, 4.69) is 10.3 Å². The number of aromatic nitrogens is 3. The van der Waals surface area contributed by atoms with Crippen molar-refractivity contribution in [2.24, 2.45) is 0 Å². The Balaban J connectivity index is 1.76. The molecule has 6 heteroatoms. The van der Waals surface area contributed by atoms with Crippen LogP contribution < -0.4 is 9.47 Å². The van der Waals surface area contributed by atoms with E-state index in [1.807, 2.05) is 48.5 Å². The molecule has 0 saturated carbocycles.